The number of hydrogen-bond acceptors (Lipinski definition) is 4. The normalized spacial score (nSPS) is 14.2. The van der Waals surface area contributed by atoms with Crippen molar-refractivity contribution in [2.75, 3.05) is 13.1 Å². The van der Waals surface area contributed by atoms with Crippen LogP contribution in [0.5, 0.6) is 0 Å². The largest absolute Gasteiger partial charge is 0.409 e. The van der Waals surface area contributed by atoms with Gasteiger partial charge in [0.2, 0.25) is 0 Å². The summed E-state index contributed by atoms with van der Waals surface area (Å²) in [7, 11) is 1.90. The van der Waals surface area contributed by atoms with Crippen molar-refractivity contribution in [3.63, 3.8) is 0 Å². The number of rotatable bonds is 6. The molecule has 1 unspecified atom stereocenters. The Morgan fingerprint density at radius 2 is 2.41 bits per heavy atom. The molecule has 0 spiro atoms. The van der Waals surface area contributed by atoms with E-state index in [2.05, 4.69) is 22.1 Å². The summed E-state index contributed by atoms with van der Waals surface area (Å²) in [6.45, 7) is 6.54. The number of oxime groups is 1. The van der Waals surface area contributed by atoms with Crippen molar-refractivity contribution in [2.24, 2.45) is 23.9 Å². The van der Waals surface area contributed by atoms with Gasteiger partial charge in [0, 0.05) is 37.8 Å². The van der Waals surface area contributed by atoms with Gasteiger partial charge in [-0.2, -0.15) is 5.10 Å². The zero-order valence-electron chi connectivity index (χ0n) is 10.7. The Labute approximate surface area is 102 Å². The van der Waals surface area contributed by atoms with E-state index in [1.54, 1.807) is 4.68 Å². The van der Waals surface area contributed by atoms with Crippen LogP contribution in [-0.4, -0.2) is 38.8 Å². The van der Waals surface area contributed by atoms with Crippen molar-refractivity contribution in [1.82, 2.24) is 14.7 Å². The molecule has 0 radical (unpaired) electrons. The molecule has 1 aromatic rings. The van der Waals surface area contributed by atoms with Crippen LogP contribution in [0.1, 0.15) is 19.4 Å². The maximum atomic E-state index is 8.61. The molecule has 0 fully saturated rings. The molecule has 96 valence electrons. The molecule has 1 rings (SSSR count). The highest BCUT2D eigenvalue weighted by Crippen LogP contribution is 2.06. The third-order valence-corrected chi connectivity index (χ3v) is 2.76. The molecular formula is C11H21N5O. The second-order valence-corrected chi connectivity index (χ2v) is 4.28. The minimum atomic E-state index is 0.0385. The fraction of sp³-hybridized carbons (Fsp3) is 0.636. The van der Waals surface area contributed by atoms with Crippen molar-refractivity contribution >= 4 is 5.84 Å². The lowest BCUT2D eigenvalue weighted by Gasteiger charge is -2.22. The summed E-state index contributed by atoms with van der Waals surface area (Å²) in [6.07, 6.45) is 3.85. The Kier molecular flexibility index (Phi) is 4.96. The van der Waals surface area contributed by atoms with Crippen LogP contribution in [0.3, 0.4) is 0 Å². The molecule has 1 atom stereocenters. The first-order valence-corrected chi connectivity index (χ1v) is 5.74. The minimum Gasteiger partial charge on any atom is -0.409 e. The van der Waals surface area contributed by atoms with Crippen LogP contribution < -0.4 is 5.73 Å². The van der Waals surface area contributed by atoms with Crippen LogP contribution >= 0.6 is 0 Å². The molecule has 0 aliphatic heterocycles. The highest BCUT2D eigenvalue weighted by atomic mass is 16.4. The molecule has 0 saturated carbocycles. The van der Waals surface area contributed by atoms with Gasteiger partial charge in [0.25, 0.3) is 0 Å². The maximum absolute atomic E-state index is 8.61. The van der Waals surface area contributed by atoms with E-state index in [1.165, 1.54) is 5.56 Å². The predicted molar refractivity (Wildman–Crippen MR) is 66.7 cm³/mol. The van der Waals surface area contributed by atoms with Gasteiger partial charge in [0.15, 0.2) is 0 Å². The van der Waals surface area contributed by atoms with Gasteiger partial charge in [-0.15, -0.1) is 0 Å². The average Bonchev–Trinajstić information content (AvgIpc) is 2.72. The van der Waals surface area contributed by atoms with E-state index >= 15 is 0 Å². The molecule has 6 nitrogen and oxygen atoms in total. The number of amidine groups is 1. The van der Waals surface area contributed by atoms with Crippen molar-refractivity contribution in [1.29, 1.82) is 0 Å². The van der Waals surface area contributed by atoms with E-state index in [9.17, 15) is 0 Å². The van der Waals surface area contributed by atoms with Gasteiger partial charge in [0.1, 0.15) is 5.84 Å². The first-order valence-electron chi connectivity index (χ1n) is 5.74. The minimum absolute atomic E-state index is 0.0385. The number of aryl methyl sites for hydroxylation is 1. The second-order valence-electron chi connectivity index (χ2n) is 4.28. The van der Waals surface area contributed by atoms with Crippen LogP contribution in [-0.2, 0) is 13.6 Å². The molecule has 0 aliphatic rings. The fourth-order valence-electron chi connectivity index (χ4n) is 1.70. The summed E-state index contributed by atoms with van der Waals surface area (Å²) in [6, 6.07) is 0. The van der Waals surface area contributed by atoms with Crippen molar-refractivity contribution in [3.05, 3.63) is 18.0 Å². The molecule has 6 heteroatoms. The Morgan fingerprint density at radius 3 is 2.88 bits per heavy atom. The highest BCUT2D eigenvalue weighted by Gasteiger charge is 2.13. The maximum Gasteiger partial charge on any atom is 0.143 e. The van der Waals surface area contributed by atoms with E-state index < -0.39 is 0 Å². The summed E-state index contributed by atoms with van der Waals surface area (Å²) in [5, 5.41) is 15.8. The Hall–Kier alpha value is -1.56. The predicted octanol–water partition coefficient (Wildman–Crippen LogP) is 0.624. The molecule has 17 heavy (non-hydrogen) atoms. The van der Waals surface area contributed by atoms with Gasteiger partial charge in [-0.1, -0.05) is 19.0 Å². The van der Waals surface area contributed by atoms with E-state index in [0.717, 1.165) is 19.6 Å². The van der Waals surface area contributed by atoms with Gasteiger partial charge in [-0.05, 0) is 6.54 Å². The van der Waals surface area contributed by atoms with E-state index in [1.807, 2.05) is 26.4 Å². The van der Waals surface area contributed by atoms with Crippen LogP contribution in [0.2, 0.25) is 0 Å². The molecule has 0 amide bonds. The quantitative estimate of drug-likeness (QED) is 0.330. The van der Waals surface area contributed by atoms with Crippen LogP contribution in [0.25, 0.3) is 0 Å². The van der Waals surface area contributed by atoms with E-state index in [0.29, 0.717) is 0 Å². The third-order valence-electron chi connectivity index (χ3n) is 2.76. The topological polar surface area (TPSA) is 79.7 Å². The molecule has 0 aliphatic carbocycles. The number of nitrogens with zero attached hydrogens (tertiary/aromatic N) is 4. The lowest BCUT2D eigenvalue weighted by Crippen LogP contribution is -2.34. The third kappa shape index (κ3) is 4.07. The van der Waals surface area contributed by atoms with Crippen LogP contribution in [0.4, 0.5) is 0 Å². The molecule has 0 aromatic carbocycles. The van der Waals surface area contributed by atoms with Gasteiger partial charge in [-0.3, -0.25) is 9.58 Å². The van der Waals surface area contributed by atoms with Gasteiger partial charge >= 0.3 is 0 Å². The summed E-state index contributed by atoms with van der Waals surface area (Å²) >= 11 is 0. The van der Waals surface area contributed by atoms with Gasteiger partial charge < -0.3 is 10.9 Å². The second kappa shape index (κ2) is 6.24. The van der Waals surface area contributed by atoms with Crippen molar-refractivity contribution < 1.29 is 5.21 Å². The van der Waals surface area contributed by atoms with Gasteiger partial charge in [-0.25, -0.2) is 0 Å². The molecule has 0 bridgehead atoms. The summed E-state index contributed by atoms with van der Waals surface area (Å²) in [5.41, 5.74) is 6.74. The molecule has 3 N–H and O–H groups in total. The summed E-state index contributed by atoms with van der Waals surface area (Å²) in [4.78, 5) is 2.24. The molecule has 1 aromatic heterocycles. The van der Waals surface area contributed by atoms with E-state index in [-0.39, 0.29) is 11.8 Å². The van der Waals surface area contributed by atoms with Crippen molar-refractivity contribution in [2.45, 2.75) is 20.4 Å². The van der Waals surface area contributed by atoms with Gasteiger partial charge in [0.05, 0.1) is 6.20 Å². The zero-order valence-corrected chi connectivity index (χ0v) is 10.7. The Morgan fingerprint density at radius 1 is 1.71 bits per heavy atom. The zero-order chi connectivity index (χ0) is 12.8. The smallest absolute Gasteiger partial charge is 0.143 e. The highest BCUT2D eigenvalue weighted by molar-refractivity contribution is 5.82. The molecule has 0 saturated heterocycles. The number of nitrogens with two attached hydrogens (primary N) is 1. The summed E-state index contributed by atoms with van der Waals surface area (Å²) in [5.74, 6) is 0.311. The lowest BCUT2D eigenvalue weighted by molar-refractivity contribution is 0.257. The standard InChI is InChI=1S/C11H21N5O/c1-4-16(6-9(2)11(12)14-17)8-10-5-13-15(3)7-10/h5,7,9,17H,4,6,8H2,1-3H3,(H2,12,14). The van der Waals surface area contributed by atoms with E-state index in [4.69, 9.17) is 10.9 Å². The first kappa shape index (κ1) is 13.5. The average molecular weight is 239 g/mol. The molecular weight excluding hydrogens is 218 g/mol. The van der Waals surface area contributed by atoms with Crippen molar-refractivity contribution in [3.8, 4) is 0 Å². The number of aromatic nitrogens is 2. The van der Waals surface area contributed by atoms with Crippen LogP contribution in [0, 0.1) is 5.92 Å². The monoisotopic (exact) mass is 239 g/mol. The SMILES string of the molecule is CCN(Cc1cnn(C)c1)CC(C)C(N)=NO. The Bertz CT molecular complexity index is 374. The summed E-state index contributed by atoms with van der Waals surface area (Å²) < 4.78 is 1.79. The first-order chi connectivity index (χ1) is 8.06. The molecule has 1 heterocycles. The lowest BCUT2D eigenvalue weighted by atomic mass is 10.1. The van der Waals surface area contributed by atoms with Crippen LogP contribution in [0.15, 0.2) is 17.5 Å². The Balaban J connectivity index is 2.54. The number of hydrogen-bond donors (Lipinski definition) is 2. The fourth-order valence-corrected chi connectivity index (χ4v) is 1.70.